The van der Waals surface area contributed by atoms with Crippen molar-refractivity contribution in [3.8, 4) is 0 Å². The molecule has 7 heteroatoms. The van der Waals surface area contributed by atoms with Gasteiger partial charge in [0.05, 0.1) is 31.1 Å². The summed E-state index contributed by atoms with van der Waals surface area (Å²) in [6.07, 6.45) is 2.20. The molecule has 2 fully saturated rings. The molecule has 0 aromatic heterocycles. The number of hydrogen-bond donors (Lipinski definition) is 1. The molecule has 0 atom stereocenters. The van der Waals surface area contributed by atoms with Crippen molar-refractivity contribution in [3.05, 3.63) is 30.3 Å². The van der Waals surface area contributed by atoms with E-state index in [-0.39, 0.29) is 5.91 Å². The SMILES string of the molecule is O=C(C[NH+]1CCN(S(=O)(=O)c2ccccc2)CC1)N1CCCC1. The van der Waals surface area contributed by atoms with Gasteiger partial charge in [-0.1, -0.05) is 18.2 Å². The van der Waals surface area contributed by atoms with Gasteiger partial charge in [-0.2, -0.15) is 4.31 Å². The number of carbonyl (C=O) groups excluding carboxylic acids is 1. The second-order valence-corrected chi connectivity index (χ2v) is 8.17. The number of nitrogens with one attached hydrogen (secondary N) is 1. The Labute approximate surface area is 137 Å². The van der Waals surface area contributed by atoms with Crippen LogP contribution in [-0.4, -0.2) is 69.3 Å². The lowest BCUT2D eigenvalue weighted by Gasteiger charge is -2.31. The number of hydrogen-bond acceptors (Lipinski definition) is 3. The summed E-state index contributed by atoms with van der Waals surface area (Å²) in [6.45, 7) is 4.55. The molecule has 3 rings (SSSR count). The molecule has 23 heavy (non-hydrogen) atoms. The molecule has 0 unspecified atom stereocenters. The third-order valence-corrected chi connectivity index (χ3v) is 6.58. The van der Waals surface area contributed by atoms with Gasteiger partial charge in [-0.3, -0.25) is 4.79 Å². The van der Waals surface area contributed by atoms with Crippen molar-refractivity contribution in [1.82, 2.24) is 9.21 Å². The first-order chi connectivity index (χ1) is 11.1. The standard InChI is InChI=1S/C16H23N3O3S/c20-16(18-8-4-5-9-18)14-17-10-12-19(13-11-17)23(21,22)15-6-2-1-3-7-15/h1-3,6-7H,4-5,8-14H2/p+1. The van der Waals surface area contributed by atoms with E-state index in [1.807, 2.05) is 11.0 Å². The van der Waals surface area contributed by atoms with E-state index in [1.54, 1.807) is 24.3 Å². The minimum atomic E-state index is -3.40. The summed E-state index contributed by atoms with van der Waals surface area (Å²) in [6, 6.07) is 8.55. The van der Waals surface area contributed by atoms with Crippen LogP contribution in [0.15, 0.2) is 35.2 Å². The number of piperazine rings is 1. The number of nitrogens with zero attached hydrogens (tertiary/aromatic N) is 2. The average molecular weight is 338 g/mol. The van der Waals surface area contributed by atoms with Gasteiger partial charge >= 0.3 is 0 Å². The highest BCUT2D eigenvalue weighted by Gasteiger charge is 2.32. The minimum Gasteiger partial charge on any atom is -0.338 e. The lowest BCUT2D eigenvalue weighted by Crippen LogP contribution is -3.15. The van der Waals surface area contributed by atoms with Crippen LogP contribution in [0.3, 0.4) is 0 Å². The highest BCUT2D eigenvalue weighted by molar-refractivity contribution is 7.89. The second-order valence-electron chi connectivity index (χ2n) is 6.23. The van der Waals surface area contributed by atoms with Gasteiger partial charge in [0.25, 0.3) is 5.91 Å². The largest absolute Gasteiger partial charge is 0.338 e. The van der Waals surface area contributed by atoms with Gasteiger partial charge in [-0.05, 0) is 25.0 Å². The van der Waals surface area contributed by atoms with Gasteiger partial charge < -0.3 is 9.80 Å². The fourth-order valence-electron chi connectivity index (χ4n) is 3.25. The highest BCUT2D eigenvalue weighted by atomic mass is 32.2. The predicted octanol–water partition coefficient (Wildman–Crippen LogP) is -0.802. The molecule has 2 saturated heterocycles. The first-order valence-corrected chi connectivity index (χ1v) is 9.68. The Morgan fingerprint density at radius 3 is 2.22 bits per heavy atom. The number of carbonyl (C=O) groups is 1. The fourth-order valence-corrected chi connectivity index (χ4v) is 4.72. The molecule has 2 heterocycles. The van der Waals surface area contributed by atoms with Crippen molar-refractivity contribution in [1.29, 1.82) is 0 Å². The van der Waals surface area contributed by atoms with Crippen molar-refractivity contribution >= 4 is 15.9 Å². The van der Waals surface area contributed by atoms with E-state index in [2.05, 4.69) is 0 Å². The van der Waals surface area contributed by atoms with Gasteiger partial charge in [0.2, 0.25) is 10.0 Å². The monoisotopic (exact) mass is 338 g/mol. The minimum absolute atomic E-state index is 0.205. The maximum atomic E-state index is 12.6. The van der Waals surface area contributed by atoms with Crippen LogP contribution in [0, 0.1) is 0 Å². The summed E-state index contributed by atoms with van der Waals surface area (Å²) in [5, 5.41) is 0. The van der Waals surface area contributed by atoms with Crippen LogP contribution in [-0.2, 0) is 14.8 Å². The Kier molecular flexibility index (Phi) is 4.99. The van der Waals surface area contributed by atoms with Crippen LogP contribution in [0.5, 0.6) is 0 Å². The molecule has 0 aliphatic carbocycles. The maximum Gasteiger partial charge on any atom is 0.277 e. The first-order valence-electron chi connectivity index (χ1n) is 8.24. The lowest BCUT2D eigenvalue weighted by molar-refractivity contribution is -0.896. The quantitative estimate of drug-likeness (QED) is 0.782. The lowest BCUT2D eigenvalue weighted by atomic mass is 10.3. The zero-order valence-electron chi connectivity index (χ0n) is 13.3. The Morgan fingerprint density at radius 1 is 1.00 bits per heavy atom. The smallest absolute Gasteiger partial charge is 0.277 e. The Bertz CT molecular complexity index is 634. The van der Waals surface area contributed by atoms with Crippen LogP contribution in [0.2, 0.25) is 0 Å². The van der Waals surface area contributed by atoms with E-state index >= 15 is 0 Å². The zero-order valence-corrected chi connectivity index (χ0v) is 14.1. The zero-order chi connectivity index (χ0) is 16.3. The van der Waals surface area contributed by atoms with Gasteiger partial charge in [0.1, 0.15) is 0 Å². The number of likely N-dealkylation sites (tertiary alicyclic amines) is 1. The van der Waals surface area contributed by atoms with Crippen LogP contribution in [0.1, 0.15) is 12.8 Å². The van der Waals surface area contributed by atoms with E-state index in [4.69, 9.17) is 0 Å². The van der Waals surface area contributed by atoms with E-state index in [0.29, 0.717) is 37.6 Å². The Morgan fingerprint density at radius 2 is 1.61 bits per heavy atom. The molecule has 0 radical (unpaired) electrons. The van der Waals surface area contributed by atoms with Crippen LogP contribution in [0.25, 0.3) is 0 Å². The molecule has 1 amide bonds. The van der Waals surface area contributed by atoms with Crippen LogP contribution >= 0.6 is 0 Å². The summed E-state index contributed by atoms with van der Waals surface area (Å²) in [7, 11) is -3.40. The third kappa shape index (κ3) is 3.73. The number of amides is 1. The molecule has 126 valence electrons. The summed E-state index contributed by atoms with van der Waals surface area (Å²) >= 11 is 0. The Balaban J connectivity index is 1.55. The molecule has 1 N–H and O–H groups in total. The fraction of sp³-hybridized carbons (Fsp3) is 0.562. The van der Waals surface area contributed by atoms with Gasteiger partial charge in [-0.15, -0.1) is 0 Å². The van der Waals surface area contributed by atoms with Crippen molar-refractivity contribution in [3.63, 3.8) is 0 Å². The predicted molar refractivity (Wildman–Crippen MR) is 86.6 cm³/mol. The summed E-state index contributed by atoms with van der Waals surface area (Å²) in [4.78, 5) is 15.6. The molecular formula is C16H24N3O3S+. The molecule has 0 spiro atoms. The van der Waals surface area contributed by atoms with Gasteiger partial charge in [-0.25, -0.2) is 8.42 Å². The van der Waals surface area contributed by atoms with Crippen molar-refractivity contribution in [2.75, 3.05) is 45.8 Å². The number of sulfonamides is 1. The number of benzene rings is 1. The van der Waals surface area contributed by atoms with Crippen molar-refractivity contribution < 1.29 is 18.1 Å². The summed E-state index contributed by atoms with van der Waals surface area (Å²) < 4.78 is 26.7. The van der Waals surface area contributed by atoms with Crippen molar-refractivity contribution in [2.45, 2.75) is 17.7 Å². The van der Waals surface area contributed by atoms with Crippen LogP contribution in [0.4, 0.5) is 0 Å². The summed E-state index contributed by atoms with van der Waals surface area (Å²) in [5.74, 6) is 0.205. The van der Waals surface area contributed by atoms with E-state index in [9.17, 15) is 13.2 Å². The molecular weight excluding hydrogens is 314 g/mol. The average Bonchev–Trinajstić information content (AvgIpc) is 3.11. The molecule has 1 aromatic rings. The molecule has 0 bridgehead atoms. The maximum absolute atomic E-state index is 12.6. The third-order valence-electron chi connectivity index (χ3n) is 4.67. The molecule has 0 saturated carbocycles. The normalized spacial score (nSPS) is 20.8. The first kappa shape index (κ1) is 16.4. The van der Waals surface area contributed by atoms with E-state index in [0.717, 1.165) is 25.9 Å². The topological polar surface area (TPSA) is 62.1 Å². The van der Waals surface area contributed by atoms with Gasteiger partial charge in [0.15, 0.2) is 6.54 Å². The summed E-state index contributed by atoms with van der Waals surface area (Å²) in [5.41, 5.74) is 0. The molecule has 2 aliphatic rings. The highest BCUT2D eigenvalue weighted by Crippen LogP contribution is 2.14. The molecule has 2 aliphatic heterocycles. The van der Waals surface area contributed by atoms with Crippen LogP contribution < -0.4 is 4.90 Å². The Hall–Kier alpha value is -1.44. The number of rotatable bonds is 4. The van der Waals surface area contributed by atoms with Gasteiger partial charge in [0, 0.05) is 13.1 Å². The number of quaternary nitrogens is 1. The van der Waals surface area contributed by atoms with Crippen molar-refractivity contribution in [2.24, 2.45) is 0 Å². The second kappa shape index (κ2) is 6.98. The van der Waals surface area contributed by atoms with E-state index in [1.165, 1.54) is 9.21 Å². The van der Waals surface area contributed by atoms with E-state index < -0.39 is 10.0 Å². The molecule has 1 aromatic carbocycles. The molecule has 6 nitrogen and oxygen atoms in total.